The smallest absolute Gasteiger partial charge is 0.418 e. The van der Waals surface area contributed by atoms with Crippen molar-refractivity contribution in [1.29, 1.82) is 0 Å². The molecule has 10 heteroatoms. The summed E-state index contributed by atoms with van der Waals surface area (Å²) < 4.78 is 46.4. The Balaban J connectivity index is 1.62. The summed E-state index contributed by atoms with van der Waals surface area (Å²) in [5.41, 5.74) is 1.31. The van der Waals surface area contributed by atoms with Gasteiger partial charge in [-0.3, -0.25) is 9.78 Å². The molecule has 34 heavy (non-hydrogen) atoms. The number of benzene rings is 1. The van der Waals surface area contributed by atoms with E-state index in [4.69, 9.17) is 4.74 Å². The molecule has 0 aliphatic heterocycles. The number of unbranched alkanes of at least 4 members (excludes halogenated alkanes) is 3. The van der Waals surface area contributed by atoms with Crippen LogP contribution in [0, 0.1) is 0 Å². The number of ether oxygens (including phenoxy) is 1. The van der Waals surface area contributed by atoms with Gasteiger partial charge in [-0.25, -0.2) is 4.98 Å². The summed E-state index contributed by atoms with van der Waals surface area (Å²) in [5.74, 6) is -0.304. The maximum atomic E-state index is 13.8. The molecule has 1 N–H and O–H groups in total. The number of aromatic nitrogens is 2. The largest absolute Gasteiger partial charge is 0.466 e. The van der Waals surface area contributed by atoms with Crippen LogP contribution < -0.4 is 10.2 Å². The van der Waals surface area contributed by atoms with Crippen molar-refractivity contribution < 1.29 is 22.7 Å². The first kappa shape index (κ1) is 25.5. The average Bonchev–Trinajstić information content (AvgIpc) is 3.26. The standard InChI is InChI=1S/C24H27F3N4O2S/c1-17(32)33-13-6-4-3-5-12-31(2)22-10-9-19(14-20(22)24(25,26)27)29-23-30-21(16-34-23)18-8-7-11-28-15-18/h7-11,14-16H,3-6,12-13H2,1-2H3,(H,29,30). The molecule has 2 heterocycles. The van der Waals surface area contributed by atoms with E-state index in [0.717, 1.165) is 37.3 Å². The van der Waals surface area contributed by atoms with E-state index in [1.54, 1.807) is 36.5 Å². The summed E-state index contributed by atoms with van der Waals surface area (Å²) >= 11 is 1.31. The highest BCUT2D eigenvalue weighted by atomic mass is 32.1. The number of nitrogens with zero attached hydrogens (tertiary/aromatic N) is 3. The second kappa shape index (κ2) is 11.8. The molecule has 3 rings (SSSR count). The van der Waals surface area contributed by atoms with Gasteiger partial charge in [0.05, 0.1) is 17.9 Å². The van der Waals surface area contributed by atoms with Crippen LogP contribution in [0.1, 0.15) is 38.2 Å². The van der Waals surface area contributed by atoms with E-state index in [1.807, 2.05) is 11.4 Å². The van der Waals surface area contributed by atoms with Crippen molar-refractivity contribution in [3.05, 3.63) is 53.7 Å². The van der Waals surface area contributed by atoms with Crippen LogP contribution in [0.5, 0.6) is 0 Å². The molecule has 0 unspecified atom stereocenters. The van der Waals surface area contributed by atoms with E-state index < -0.39 is 11.7 Å². The fourth-order valence-electron chi connectivity index (χ4n) is 3.42. The molecule has 0 aliphatic rings. The van der Waals surface area contributed by atoms with Gasteiger partial charge in [0.1, 0.15) is 0 Å². The molecule has 0 saturated carbocycles. The molecular weight excluding hydrogens is 465 g/mol. The summed E-state index contributed by atoms with van der Waals surface area (Å²) in [6, 6.07) is 7.91. The summed E-state index contributed by atoms with van der Waals surface area (Å²) in [6.07, 6.45) is 2.04. The number of carbonyl (C=O) groups excluding carboxylic acids is 1. The number of hydrogen-bond acceptors (Lipinski definition) is 7. The SMILES string of the molecule is CC(=O)OCCCCCCN(C)c1ccc(Nc2nc(-c3cccnc3)cs2)cc1C(F)(F)F. The lowest BCUT2D eigenvalue weighted by molar-refractivity contribution is -0.141. The molecule has 6 nitrogen and oxygen atoms in total. The molecule has 0 atom stereocenters. The van der Waals surface area contributed by atoms with Crippen molar-refractivity contribution in [2.75, 3.05) is 30.4 Å². The zero-order valence-corrected chi connectivity index (χ0v) is 19.9. The third kappa shape index (κ3) is 7.44. The molecule has 0 aliphatic carbocycles. The third-order valence-electron chi connectivity index (χ3n) is 5.12. The first-order chi connectivity index (χ1) is 16.2. The first-order valence-corrected chi connectivity index (χ1v) is 11.8. The monoisotopic (exact) mass is 492 g/mol. The zero-order chi connectivity index (χ0) is 24.6. The normalized spacial score (nSPS) is 11.3. The Morgan fingerprint density at radius 2 is 1.97 bits per heavy atom. The number of esters is 1. The van der Waals surface area contributed by atoms with Gasteiger partial charge in [-0.1, -0.05) is 6.42 Å². The fourth-order valence-corrected chi connectivity index (χ4v) is 4.16. The minimum Gasteiger partial charge on any atom is -0.466 e. The molecule has 0 saturated heterocycles. The lowest BCUT2D eigenvalue weighted by atomic mass is 10.1. The Morgan fingerprint density at radius 1 is 1.18 bits per heavy atom. The van der Waals surface area contributed by atoms with Crippen LogP contribution in [-0.4, -0.2) is 36.1 Å². The van der Waals surface area contributed by atoms with Gasteiger partial charge >= 0.3 is 12.1 Å². The van der Waals surface area contributed by atoms with E-state index in [1.165, 1.54) is 24.3 Å². The Kier molecular flexibility index (Phi) is 8.86. The molecule has 2 aromatic heterocycles. The number of pyridine rings is 1. The Bertz CT molecular complexity index is 1070. The molecule has 0 amide bonds. The van der Waals surface area contributed by atoms with Crippen LogP contribution in [0.3, 0.4) is 0 Å². The van der Waals surface area contributed by atoms with Crippen molar-refractivity contribution >= 4 is 33.8 Å². The number of halogens is 3. The molecular formula is C24H27F3N4O2S. The second-order valence-corrected chi connectivity index (χ2v) is 8.67. The maximum absolute atomic E-state index is 13.8. The molecule has 0 bridgehead atoms. The van der Waals surface area contributed by atoms with Crippen molar-refractivity contribution in [1.82, 2.24) is 9.97 Å². The topological polar surface area (TPSA) is 67.3 Å². The Hall–Kier alpha value is -3.14. The van der Waals surface area contributed by atoms with Crippen LogP contribution in [-0.2, 0) is 15.7 Å². The van der Waals surface area contributed by atoms with Gasteiger partial charge in [0.25, 0.3) is 0 Å². The molecule has 0 radical (unpaired) electrons. The van der Waals surface area contributed by atoms with Crippen molar-refractivity contribution in [3.63, 3.8) is 0 Å². The number of anilines is 3. The Morgan fingerprint density at radius 3 is 2.68 bits per heavy atom. The number of alkyl halides is 3. The molecule has 182 valence electrons. The predicted molar refractivity (Wildman–Crippen MR) is 128 cm³/mol. The van der Waals surface area contributed by atoms with Gasteiger partial charge < -0.3 is 15.0 Å². The number of nitrogens with one attached hydrogen (secondary N) is 1. The minimum absolute atomic E-state index is 0.133. The summed E-state index contributed by atoms with van der Waals surface area (Å²) in [5, 5.41) is 5.32. The van der Waals surface area contributed by atoms with Gasteiger partial charge in [-0.15, -0.1) is 11.3 Å². The predicted octanol–water partition coefficient (Wildman–Crippen LogP) is 6.53. The van der Waals surface area contributed by atoms with E-state index in [2.05, 4.69) is 15.3 Å². The van der Waals surface area contributed by atoms with E-state index in [0.29, 0.717) is 29.7 Å². The van der Waals surface area contributed by atoms with Crippen LogP contribution in [0.4, 0.5) is 29.7 Å². The highest BCUT2D eigenvalue weighted by Crippen LogP contribution is 2.39. The highest BCUT2D eigenvalue weighted by Gasteiger charge is 2.34. The van der Waals surface area contributed by atoms with E-state index >= 15 is 0 Å². The summed E-state index contributed by atoms with van der Waals surface area (Å²) in [4.78, 5) is 20.9. The van der Waals surface area contributed by atoms with Crippen LogP contribution in [0.25, 0.3) is 11.3 Å². The van der Waals surface area contributed by atoms with Crippen molar-refractivity contribution in [2.45, 2.75) is 38.8 Å². The van der Waals surface area contributed by atoms with Gasteiger partial charge in [0, 0.05) is 55.2 Å². The summed E-state index contributed by atoms with van der Waals surface area (Å²) in [6.45, 7) is 2.23. The van der Waals surface area contributed by atoms with Crippen molar-refractivity contribution in [2.24, 2.45) is 0 Å². The molecule has 0 fully saturated rings. The quantitative estimate of drug-likeness (QED) is 0.243. The third-order valence-corrected chi connectivity index (χ3v) is 5.88. The Labute approximate surface area is 200 Å². The number of rotatable bonds is 11. The average molecular weight is 493 g/mol. The lowest BCUT2D eigenvalue weighted by Crippen LogP contribution is -2.22. The number of thiazole rings is 1. The lowest BCUT2D eigenvalue weighted by Gasteiger charge is -2.24. The minimum atomic E-state index is -4.49. The number of hydrogen-bond donors (Lipinski definition) is 1. The molecule has 0 spiro atoms. The van der Waals surface area contributed by atoms with Crippen LogP contribution in [0.15, 0.2) is 48.1 Å². The highest BCUT2D eigenvalue weighted by molar-refractivity contribution is 7.14. The van der Waals surface area contributed by atoms with E-state index in [9.17, 15) is 18.0 Å². The fraction of sp³-hybridized carbons (Fsp3) is 0.375. The molecule has 1 aromatic carbocycles. The summed E-state index contributed by atoms with van der Waals surface area (Å²) in [7, 11) is 1.66. The van der Waals surface area contributed by atoms with Gasteiger partial charge in [-0.05, 0) is 49.6 Å². The van der Waals surface area contributed by atoms with Gasteiger partial charge in [0.15, 0.2) is 5.13 Å². The van der Waals surface area contributed by atoms with Crippen molar-refractivity contribution in [3.8, 4) is 11.3 Å². The number of carbonyl (C=O) groups is 1. The van der Waals surface area contributed by atoms with Crippen LogP contribution >= 0.6 is 11.3 Å². The molecule has 3 aromatic rings. The first-order valence-electron chi connectivity index (χ1n) is 10.9. The van der Waals surface area contributed by atoms with Gasteiger partial charge in [-0.2, -0.15) is 13.2 Å². The second-order valence-electron chi connectivity index (χ2n) is 7.81. The van der Waals surface area contributed by atoms with E-state index in [-0.39, 0.29) is 11.7 Å². The maximum Gasteiger partial charge on any atom is 0.418 e. The van der Waals surface area contributed by atoms with Gasteiger partial charge in [0.2, 0.25) is 0 Å². The van der Waals surface area contributed by atoms with Crippen LogP contribution in [0.2, 0.25) is 0 Å². The zero-order valence-electron chi connectivity index (χ0n) is 19.1.